The van der Waals surface area contributed by atoms with Gasteiger partial charge in [0.1, 0.15) is 5.82 Å². The van der Waals surface area contributed by atoms with Gasteiger partial charge >= 0.3 is 0 Å². The Kier molecular flexibility index (Phi) is 6.34. The lowest BCUT2D eigenvalue weighted by atomic mass is 10.0. The van der Waals surface area contributed by atoms with Crippen molar-refractivity contribution in [3.63, 3.8) is 0 Å². The third-order valence-corrected chi connectivity index (χ3v) is 5.63. The molecular formula is C20H27N5OS. The van der Waals surface area contributed by atoms with E-state index in [0.29, 0.717) is 24.7 Å². The first-order valence-corrected chi connectivity index (χ1v) is 10.4. The van der Waals surface area contributed by atoms with Crippen LogP contribution in [0, 0.1) is 0 Å². The van der Waals surface area contributed by atoms with Crippen LogP contribution >= 0.6 is 11.8 Å². The lowest BCUT2D eigenvalue weighted by Crippen LogP contribution is -2.47. The highest BCUT2D eigenvalue weighted by Gasteiger charge is 2.28. The van der Waals surface area contributed by atoms with Crippen LogP contribution in [0.25, 0.3) is 11.4 Å². The summed E-state index contributed by atoms with van der Waals surface area (Å²) in [5, 5.41) is 0. The summed E-state index contributed by atoms with van der Waals surface area (Å²) in [6.07, 6.45) is 0.747. The summed E-state index contributed by atoms with van der Waals surface area (Å²) in [4.78, 5) is 26.2. The van der Waals surface area contributed by atoms with Crippen LogP contribution in [0.3, 0.4) is 0 Å². The number of thioether (sulfide) groups is 1. The lowest BCUT2D eigenvalue weighted by molar-refractivity contribution is -0.133. The van der Waals surface area contributed by atoms with E-state index in [-0.39, 0.29) is 5.91 Å². The molecule has 6 nitrogen and oxygen atoms in total. The number of carbonyl (C=O) groups excluding carboxylic acids is 1. The number of fused-ring (bicyclic) bond motifs is 1. The first-order chi connectivity index (χ1) is 13.0. The molecule has 1 atom stereocenters. The Morgan fingerprint density at radius 1 is 1.30 bits per heavy atom. The molecule has 2 N–H and O–H groups in total. The number of anilines is 1. The van der Waals surface area contributed by atoms with Crippen molar-refractivity contribution in [2.45, 2.75) is 25.9 Å². The fourth-order valence-corrected chi connectivity index (χ4v) is 3.87. The van der Waals surface area contributed by atoms with E-state index < -0.39 is 6.04 Å². The summed E-state index contributed by atoms with van der Waals surface area (Å²) < 4.78 is 0. The number of nitrogens with zero attached hydrogens (tertiary/aromatic N) is 4. The zero-order valence-corrected chi connectivity index (χ0v) is 17.0. The maximum absolute atomic E-state index is 12.7. The zero-order chi connectivity index (χ0) is 19.4. The van der Waals surface area contributed by atoms with Crippen molar-refractivity contribution in [1.29, 1.82) is 0 Å². The lowest BCUT2D eigenvalue weighted by Gasteiger charge is -2.32. The average Bonchev–Trinajstić information content (AvgIpc) is 2.70. The second-order valence-corrected chi connectivity index (χ2v) is 8.15. The van der Waals surface area contributed by atoms with Crippen LogP contribution in [0.5, 0.6) is 0 Å². The van der Waals surface area contributed by atoms with Crippen LogP contribution in [0.15, 0.2) is 30.3 Å². The Labute approximate surface area is 165 Å². The number of hydrogen-bond donors (Lipinski definition) is 1. The number of aromatic nitrogens is 2. The number of hydrogen-bond acceptors (Lipinski definition) is 6. The van der Waals surface area contributed by atoms with Crippen LogP contribution in [-0.4, -0.2) is 59.0 Å². The van der Waals surface area contributed by atoms with E-state index in [4.69, 9.17) is 15.7 Å². The average molecular weight is 386 g/mol. The van der Waals surface area contributed by atoms with Crippen molar-refractivity contribution in [2.75, 3.05) is 37.0 Å². The van der Waals surface area contributed by atoms with Gasteiger partial charge in [0.2, 0.25) is 5.91 Å². The molecule has 2 heterocycles. The Morgan fingerprint density at radius 2 is 2.04 bits per heavy atom. The van der Waals surface area contributed by atoms with Crippen molar-refractivity contribution >= 4 is 23.5 Å². The van der Waals surface area contributed by atoms with Gasteiger partial charge in [0.25, 0.3) is 0 Å². The molecule has 0 radical (unpaired) electrons. The predicted molar refractivity (Wildman–Crippen MR) is 112 cm³/mol. The van der Waals surface area contributed by atoms with Crippen molar-refractivity contribution in [3.8, 4) is 11.4 Å². The molecule has 144 valence electrons. The van der Waals surface area contributed by atoms with Crippen LogP contribution in [-0.2, 0) is 17.8 Å². The van der Waals surface area contributed by atoms with Crippen molar-refractivity contribution in [3.05, 3.63) is 41.6 Å². The molecule has 0 saturated heterocycles. The minimum Gasteiger partial charge on any atom is -0.362 e. The van der Waals surface area contributed by atoms with Crippen molar-refractivity contribution in [1.82, 2.24) is 14.9 Å². The fourth-order valence-electron chi connectivity index (χ4n) is 3.24. The topological polar surface area (TPSA) is 75.4 Å². The van der Waals surface area contributed by atoms with Gasteiger partial charge in [-0.2, -0.15) is 11.8 Å². The molecule has 0 fully saturated rings. The van der Waals surface area contributed by atoms with Gasteiger partial charge in [0, 0.05) is 37.5 Å². The fraction of sp³-hybridized carbons (Fsp3) is 0.450. The summed E-state index contributed by atoms with van der Waals surface area (Å²) in [6, 6.07) is 9.49. The Morgan fingerprint density at radius 3 is 2.70 bits per heavy atom. The SMILES string of the molecule is CCSC[C@H](N)C(=O)N1CCc2c(nc(-c3ccccc3)nc2N(C)C)C1. The van der Waals surface area contributed by atoms with Gasteiger partial charge < -0.3 is 15.5 Å². The van der Waals surface area contributed by atoms with E-state index in [0.717, 1.165) is 34.8 Å². The van der Waals surface area contributed by atoms with E-state index in [2.05, 4.69) is 6.92 Å². The van der Waals surface area contributed by atoms with Gasteiger partial charge in [-0.05, 0) is 12.2 Å². The van der Waals surface area contributed by atoms with E-state index in [9.17, 15) is 4.79 Å². The van der Waals surface area contributed by atoms with Gasteiger partial charge in [-0.1, -0.05) is 37.3 Å². The van der Waals surface area contributed by atoms with E-state index in [1.165, 1.54) is 0 Å². The van der Waals surface area contributed by atoms with Gasteiger partial charge in [0.05, 0.1) is 18.3 Å². The molecule has 7 heteroatoms. The van der Waals surface area contributed by atoms with Gasteiger partial charge in [-0.25, -0.2) is 9.97 Å². The molecular weight excluding hydrogens is 358 g/mol. The number of nitrogens with two attached hydrogens (primary N) is 1. The molecule has 0 aliphatic carbocycles. The highest BCUT2D eigenvalue weighted by molar-refractivity contribution is 7.99. The normalized spacial score (nSPS) is 14.6. The number of amides is 1. The van der Waals surface area contributed by atoms with Gasteiger partial charge in [-0.3, -0.25) is 4.79 Å². The minimum atomic E-state index is -0.458. The summed E-state index contributed by atoms with van der Waals surface area (Å²) in [5.41, 5.74) is 9.12. The highest BCUT2D eigenvalue weighted by Crippen LogP contribution is 2.28. The van der Waals surface area contributed by atoms with Crippen molar-refractivity contribution < 1.29 is 4.79 Å². The van der Waals surface area contributed by atoms with Gasteiger partial charge in [0.15, 0.2) is 5.82 Å². The second-order valence-electron chi connectivity index (χ2n) is 6.83. The maximum Gasteiger partial charge on any atom is 0.240 e. The van der Waals surface area contributed by atoms with Crippen LogP contribution < -0.4 is 10.6 Å². The quantitative estimate of drug-likeness (QED) is 0.821. The Bertz CT molecular complexity index is 796. The van der Waals surface area contributed by atoms with Crippen LogP contribution in [0.1, 0.15) is 18.2 Å². The standard InChI is InChI=1S/C20H27N5OS/c1-4-27-13-16(21)20(26)25-11-10-15-17(12-25)22-18(23-19(15)24(2)3)14-8-6-5-7-9-14/h5-9,16H,4,10-13,21H2,1-3H3/t16-/m0/s1. The summed E-state index contributed by atoms with van der Waals surface area (Å²) in [7, 11) is 3.99. The predicted octanol–water partition coefficient (Wildman–Crippen LogP) is 2.17. The largest absolute Gasteiger partial charge is 0.362 e. The molecule has 27 heavy (non-hydrogen) atoms. The van der Waals surface area contributed by atoms with Crippen LogP contribution in [0.4, 0.5) is 5.82 Å². The molecule has 1 aromatic heterocycles. The highest BCUT2D eigenvalue weighted by atomic mass is 32.2. The first-order valence-electron chi connectivity index (χ1n) is 9.26. The molecule has 0 saturated carbocycles. The molecule has 2 aromatic rings. The van der Waals surface area contributed by atoms with Gasteiger partial charge in [-0.15, -0.1) is 0 Å². The summed E-state index contributed by atoms with van der Waals surface area (Å²) >= 11 is 1.70. The number of benzene rings is 1. The molecule has 0 bridgehead atoms. The molecule has 0 unspecified atom stereocenters. The third kappa shape index (κ3) is 4.42. The molecule has 1 aromatic carbocycles. The monoisotopic (exact) mass is 385 g/mol. The number of carbonyl (C=O) groups is 1. The zero-order valence-electron chi connectivity index (χ0n) is 16.2. The Balaban J connectivity index is 1.90. The van der Waals surface area contributed by atoms with E-state index in [1.54, 1.807) is 11.8 Å². The first kappa shape index (κ1) is 19.6. The van der Waals surface area contributed by atoms with E-state index in [1.807, 2.05) is 54.2 Å². The molecule has 0 spiro atoms. The number of rotatable bonds is 6. The minimum absolute atomic E-state index is 0.00729. The summed E-state index contributed by atoms with van der Waals surface area (Å²) in [5.74, 6) is 3.24. The molecule has 1 amide bonds. The summed E-state index contributed by atoms with van der Waals surface area (Å²) in [6.45, 7) is 3.22. The molecule has 1 aliphatic rings. The third-order valence-electron chi connectivity index (χ3n) is 4.63. The second kappa shape index (κ2) is 8.71. The van der Waals surface area contributed by atoms with Crippen LogP contribution in [0.2, 0.25) is 0 Å². The van der Waals surface area contributed by atoms with E-state index >= 15 is 0 Å². The van der Waals surface area contributed by atoms with Crippen molar-refractivity contribution in [2.24, 2.45) is 5.73 Å². The molecule has 1 aliphatic heterocycles. The Hall–Kier alpha value is -2.12. The smallest absolute Gasteiger partial charge is 0.240 e. The maximum atomic E-state index is 12.7. The molecule has 3 rings (SSSR count).